The number of hydrogen-bond acceptors (Lipinski definition) is 6. The van der Waals surface area contributed by atoms with Crippen LogP contribution in [-0.2, 0) is 14.1 Å². The van der Waals surface area contributed by atoms with Crippen molar-refractivity contribution in [2.24, 2.45) is 14.1 Å². The molecule has 0 spiro atoms. The predicted molar refractivity (Wildman–Crippen MR) is 174 cm³/mol. The summed E-state index contributed by atoms with van der Waals surface area (Å²) in [6.07, 6.45) is 7.94. The minimum Gasteiger partial charge on any atom is -0.497 e. The lowest BCUT2D eigenvalue weighted by Gasteiger charge is -2.10. The van der Waals surface area contributed by atoms with Crippen molar-refractivity contribution < 1.29 is 19.1 Å². The Morgan fingerprint density at radius 3 is 2.09 bits per heavy atom. The number of rotatable bonds is 13. The van der Waals surface area contributed by atoms with E-state index < -0.39 is 0 Å². The van der Waals surface area contributed by atoms with Crippen LogP contribution in [0.25, 0.3) is 6.08 Å². The Balaban J connectivity index is 1.31. The first-order chi connectivity index (χ1) is 21.1. The van der Waals surface area contributed by atoms with Crippen LogP contribution in [0.1, 0.15) is 43.3 Å². The van der Waals surface area contributed by atoms with E-state index in [0.717, 1.165) is 30.0 Å². The highest BCUT2D eigenvalue weighted by atomic mass is 16.5. The van der Waals surface area contributed by atoms with Crippen molar-refractivity contribution in [1.82, 2.24) is 19.4 Å². The Hall–Kier alpha value is -5.29. The first-order valence-corrected chi connectivity index (χ1v) is 14.2. The summed E-state index contributed by atoms with van der Waals surface area (Å²) in [6, 6.07) is 18.0. The first-order valence-electron chi connectivity index (χ1n) is 14.2. The van der Waals surface area contributed by atoms with Crippen molar-refractivity contribution in [3.63, 3.8) is 0 Å². The topological polar surface area (TPSA) is 122 Å². The first kappa shape index (κ1) is 31.6. The second-order valence-electron chi connectivity index (χ2n) is 10.6. The number of methoxy groups -OCH3 is 1. The fourth-order valence-corrected chi connectivity index (χ4v) is 4.50. The fourth-order valence-electron chi connectivity index (χ4n) is 4.50. The molecule has 3 amide bonds. The third kappa shape index (κ3) is 8.62. The molecule has 11 nitrogen and oxygen atoms in total. The van der Waals surface area contributed by atoms with Gasteiger partial charge in [-0.1, -0.05) is 12.1 Å². The summed E-state index contributed by atoms with van der Waals surface area (Å²) in [4.78, 5) is 40.6. The van der Waals surface area contributed by atoms with E-state index in [1.807, 2.05) is 62.8 Å². The van der Waals surface area contributed by atoms with Crippen LogP contribution in [0.4, 0.5) is 17.1 Å². The van der Waals surface area contributed by atoms with Crippen LogP contribution in [0.15, 0.2) is 79.3 Å². The molecule has 0 unspecified atom stereocenters. The Bertz CT molecular complexity index is 1630. The Morgan fingerprint density at radius 2 is 1.45 bits per heavy atom. The summed E-state index contributed by atoms with van der Waals surface area (Å²) >= 11 is 0. The summed E-state index contributed by atoms with van der Waals surface area (Å²) in [5, 5.41) is 11.8. The van der Waals surface area contributed by atoms with Gasteiger partial charge < -0.3 is 40.0 Å². The van der Waals surface area contributed by atoms with Crippen LogP contribution in [0.3, 0.4) is 0 Å². The number of benzene rings is 2. The maximum absolute atomic E-state index is 13.0. The third-order valence-electron chi connectivity index (χ3n) is 6.83. The minimum absolute atomic E-state index is 0.205. The number of hydrogen-bond donors (Lipinski definition) is 4. The van der Waals surface area contributed by atoms with Crippen molar-refractivity contribution in [2.45, 2.75) is 6.42 Å². The van der Waals surface area contributed by atoms with Gasteiger partial charge in [0.2, 0.25) is 0 Å². The van der Waals surface area contributed by atoms with Gasteiger partial charge in [0.15, 0.2) is 0 Å². The van der Waals surface area contributed by atoms with Gasteiger partial charge in [0.1, 0.15) is 17.1 Å². The average Bonchev–Trinajstić information content (AvgIpc) is 3.56. The molecule has 0 saturated carbocycles. The lowest BCUT2D eigenvalue weighted by atomic mass is 10.2. The molecule has 2 aromatic carbocycles. The molecule has 11 heteroatoms. The Labute approximate surface area is 257 Å². The Kier molecular flexibility index (Phi) is 10.6. The molecule has 4 aromatic rings. The molecule has 2 heterocycles. The number of nitrogens with zero attached hydrogens (tertiary/aromatic N) is 3. The molecule has 4 rings (SSSR count). The second kappa shape index (κ2) is 14.7. The molecule has 2 aromatic heterocycles. The van der Waals surface area contributed by atoms with Gasteiger partial charge >= 0.3 is 0 Å². The number of amides is 3. The van der Waals surface area contributed by atoms with Crippen LogP contribution in [-0.4, -0.2) is 66.1 Å². The van der Waals surface area contributed by atoms with Gasteiger partial charge in [-0.05, 0) is 87.2 Å². The molecular weight excluding hydrogens is 558 g/mol. The van der Waals surface area contributed by atoms with E-state index in [0.29, 0.717) is 34.9 Å². The normalized spacial score (nSPS) is 11.0. The standard InChI is InChI=1S/C33H39N7O4/c1-38(2)17-7-15-35-32(42)29-19-27(22-39(29)3)37-33(43)30-20-26(21-40(30)4)36-31(41)24-10-12-25(13-11-24)34-16-14-23-8-6-9-28(18-23)44-5/h6,8-14,16,18-22,34H,7,15,17H2,1-5H3,(H,35,42)(H,36,41)(H,37,43)/b16-14+. The molecule has 0 aliphatic carbocycles. The number of carbonyl (C=O) groups excluding carboxylic acids is 3. The van der Waals surface area contributed by atoms with Crippen LogP contribution in [0.5, 0.6) is 5.75 Å². The van der Waals surface area contributed by atoms with E-state index in [1.54, 1.807) is 67.0 Å². The molecular formula is C33H39N7O4. The highest BCUT2D eigenvalue weighted by Gasteiger charge is 2.17. The van der Waals surface area contributed by atoms with Gasteiger partial charge in [-0.15, -0.1) is 0 Å². The van der Waals surface area contributed by atoms with Gasteiger partial charge in [-0.2, -0.15) is 0 Å². The highest BCUT2D eigenvalue weighted by Crippen LogP contribution is 2.19. The molecule has 0 saturated heterocycles. The average molecular weight is 598 g/mol. The van der Waals surface area contributed by atoms with Crippen LogP contribution < -0.4 is 26.0 Å². The van der Waals surface area contributed by atoms with Gasteiger partial charge in [-0.25, -0.2) is 0 Å². The van der Waals surface area contributed by atoms with E-state index in [9.17, 15) is 14.4 Å². The molecule has 4 N–H and O–H groups in total. The van der Waals surface area contributed by atoms with Crippen molar-refractivity contribution in [1.29, 1.82) is 0 Å². The summed E-state index contributed by atoms with van der Waals surface area (Å²) in [6.45, 7) is 1.44. The SMILES string of the molecule is COc1cccc(/C=C/Nc2ccc(C(=O)Nc3cc(C(=O)Nc4cc(C(=O)NCCCN(C)C)n(C)c4)n(C)c3)cc2)c1. The number of anilines is 3. The molecule has 0 atom stereocenters. The predicted octanol–water partition coefficient (Wildman–Crippen LogP) is 4.64. The van der Waals surface area contributed by atoms with Gasteiger partial charge in [-0.3, -0.25) is 14.4 Å². The molecule has 0 aliphatic rings. The molecule has 44 heavy (non-hydrogen) atoms. The van der Waals surface area contributed by atoms with Crippen molar-refractivity contribution in [3.05, 3.63) is 102 Å². The lowest BCUT2D eigenvalue weighted by molar-refractivity contribution is 0.0942. The highest BCUT2D eigenvalue weighted by molar-refractivity contribution is 6.07. The summed E-state index contributed by atoms with van der Waals surface area (Å²) in [5.41, 5.74) is 4.06. The number of aryl methyl sites for hydroxylation is 2. The van der Waals surface area contributed by atoms with Crippen LogP contribution in [0, 0.1) is 0 Å². The number of aromatic nitrogens is 2. The summed E-state index contributed by atoms with van der Waals surface area (Å²) < 4.78 is 8.55. The minimum atomic E-state index is -0.367. The van der Waals surface area contributed by atoms with Crippen LogP contribution in [0.2, 0.25) is 0 Å². The zero-order valence-corrected chi connectivity index (χ0v) is 25.7. The van der Waals surface area contributed by atoms with Crippen molar-refractivity contribution in [3.8, 4) is 5.75 Å². The zero-order valence-electron chi connectivity index (χ0n) is 25.7. The van der Waals surface area contributed by atoms with E-state index in [-0.39, 0.29) is 17.7 Å². The summed E-state index contributed by atoms with van der Waals surface area (Å²) in [7, 11) is 9.08. The smallest absolute Gasteiger partial charge is 0.272 e. The van der Waals surface area contributed by atoms with Gasteiger partial charge in [0.25, 0.3) is 17.7 Å². The zero-order chi connectivity index (χ0) is 31.6. The van der Waals surface area contributed by atoms with Crippen LogP contribution >= 0.6 is 0 Å². The molecule has 0 fully saturated rings. The number of nitrogens with one attached hydrogen (secondary N) is 4. The van der Waals surface area contributed by atoms with E-state index in [4.69, 9.17) is 4.74 Å². The van der Waals surface area contributed by atoms with E-state index in [1.165, 1.54) is 0 Å². The maximum Gasteiger partial charge on any atom is 0.272 e. The largest absolute Gasteiger partial charge is 0.497 e. The number of ether oxygens (including phenoxy) is 1. The van der Waals surface area contributed by atoms with Gasteiger partial charge in [0, 0.05) is 50.5 Å². The third-order valence-corrected chi connectivity index (χ3v) is 6.83. The van der Waals surface area contributed by atoms with Gasteiger partial charge in [0.05, 0.1) is 18.5 Å². The quantitative estimate of drug-likeness (QED) is 0.167. The molecule has 0 radical (unpaired) electrons. The Morgan fingerprint density at radius 1 is 0.818 bits per heavy atom. The summed E-state index contributed by atoms with van der Waals surface area (Å²) in [5.74, 6) is -0.0881. The molecule has 0 bridgehead atoms. The molecule has 0 aliphatic heterocycles. The maximum atomic E-state index is 13.0. The lowest BCUT2D eigenvalue weighted by Crippen LogP contribution is -2.28. The van der Waals surface area contributed by atoms with Crippen molar-refractivity contribution >= 4 is 40.9 Å². The van der Waals surface area contributed by atoms with Crippen molar-refractivity contribution in [2.75, 3.05) is 50.2 Å². The monoisotopic (exact) mass is 597 g/mol. The fraction of sp³-hybridized carbons (Fsp3) is 0.242. The van der Waals surface area contributed by atoms with E-state index >= 15 is 0 Å². The molecule has 230 valence electrons. The second-order valence-corrected chi connectivity index (χ2v) is 10.6. The van der Waals surface area contributed by atoms with E-state index in [2.05, 4.69) is 26.2 Å². The number of carbonyl (C=O) groups is 3.